The molecule has 1 atom stereocenters. The van der Waals surface area contributed by atoms with Gasteiger partial charge in [0.1, 0.15) is 11.5 Å². The highest BCUT2D eigenvalue weighted by molar-refractivity contribution is 5.93. The van der Waals surface area contributed by atoms with E-state index in [-0.39, 0.29) is 24.3 Å². The molecule has 0 radical (unpaired) electrons. The number of aromatic nitrogens is 2. The first-order valence-corrected chi connectivity index (χ1v) is 10.2. The third kappa shape index (κ3) is 4.72. The maximum absolute atomic E-state index is 12.6. The molecular weight excluding hydrogens is 412 g/mol. The van der Waals surface area contributed by atoms with Crippen LogP contribution in [0.4, 0.5) is 0 Å². The van der Waals surface area contributed by atoms with Crippen molar-refractivity contribution in [2.24, 2.45) is 0 Å². The van der Waals surface area contributed by atoms with Gasteiger partial charge < -0.3 is 24.2 Å². The predicted molar refractivity (Wildman–Crippen MR) is 114 cm³/mol. The fourth-order valence-corrected chi connectivity index (χ4v) is 3.66. The zero-order chi connectivity index (χ0) is 22.5. The summed E-state index contributed by atoms with van der Waals surface area (Å²) in [5, 5.41) is 6.78. The van der Waals surface area contributed by atoms with E-state index in [1.807, 2.05) is 24.3 Å². The van der Waals surface area contributed by atoms with E-state index in [1.165, 1.54) is 0 Å². The lowest BCUT2D eigenvalue weighted by molar-refractivity contribution is -0.128. The van der Waals surface area contributed by atoms with Gasteiger partial charge in [0.25, 0.3) is 5.91 Å². The largest absolute Gasteiger partial charge is 0.497 e. The minimum atomic E-state index is -0.222. The van der Waals surface area contributed by atoms with Gasteiger partial charge in [0, 0.05) is 36.6 Å². The number of hydrogen-bond donors (Lipinski definition) is 1. The third-order valence-corrected chi connectivity index (χ3v) is 5.35. The number of nitrogens with one attached hydrogen (secondary N) is 1. The van der Waals surface area contributed by atoms with E-state index in [9.17, 15) is 9.59 Å². The fourth-order valence-electron chi connectivity index (χ4n) is 3.66. The molecule has 2 amide bonds. The number of likely N-dealkylation sites (tertiary alicyclic amines) is 1. The minimum absolute atomic E-state index is 0.00334. The molecule has 1 saturated heterocycles. The van der Waals surface area contributed by atoms with Crippen molar-refractivity contribution < 1.29 is 23.6 Å². The highest BCUT2D eigenvalue weighted by Crippen LogP contribution is 2.31. The zero-order valence-corrected chi connectivity index (χ0v) is 17.9. The monoisotopic (exact) mass is 436 g/mol. The molecule has 1 aromatic heterocycles. The summed E-state index contributed by atoms with van der Waals surface area (Å²) in [5.41, 5.74) is 1.41. The molecule has 3 aromatic rings. The molecule has 2 aromatic carbocycles. The smallest absolute Gasteiger partial charge is 0.251 e. The second-order valence-electron chi connectivity index (χ2n) is 7.45. The fraction of sp³-hybridized carbons (Fsp3) is 0.304. The minimum Gasteiger partial charge on any atom is -0.497 e. The van der Waals surface area contributed by atoms with Crippen LogP contribution in [0.5, 0.6) is 11.5 Å². The normalized spacial score (nSPS) is 15.6. The Balaban J connectivity index is 1.37. The van der Waals surface area contributed by atoms with E-state index in [4.69, 9.17) is 14.0 Å². The number of carbonyl (C=O) groups is 2. The Hall–Kier alpha value is -3.88. The van der Waals surface area contributed by atoms with Crippen LogP contribution in [-0.2, 0) is 17.9 Å². The summed E-state index contributed by atoms with van der Waals surface area (Å²) in [6.45, 7) is 0.980. The highest BCUT2D eigenvalue weighted by atomic mass is 16.5. The van der Waals surface area contributed by atoms with Crippen molar-refractivity contribution >= 4 is 11.8 Å². The van der Waals surface area contributed by atoms with E-state index < -0.39 is 0 Å². The van der Waals surface area contributed by atoms with E-state index >= 15 is 0 Å². The summed E-state index contributed by atoms with van der Waals surface area (Å²) >= 11 is 0. The molecule has 0 bridgehead atoms. The molecule has 166 valence electrons. The van der Waals surface area contributed by atoms with Crippen LogP contribution in [0, 0.1) is 0 Å². The molecule has 4 rings (SSSR count). The van der Waals surface area contributed by atoms with Crippen LogP contribution in [0.25, 0.3) is 0 Å². The quantitative estimate of drug-likeness (QED) is 0.578. The lowest BCUT2D eigenvalue weighted by Crippen LogP contribution is -2.24. The van der Waals surface area contributed by atoms with Gasteiger partial charge >= 0.3 is 0 Å². The molecule has 0 saturated carbocycles. The number of ether oxygens (including phenoxy) is 2. The SMILES string of the molecule is COc1ccc(OC)c(CN2CC(c3noc(CNC(=O)c4ccccc4)n3)CC2=O)c1. The van der Waals surface area contributed by atoms with Crippen molar-refractivity contribution in [3.63, 3.8) is 0 Å². The van der Waals surface area contributed by atoms with E-state index in [1.54, 1.807) is 43.4 Å². The van der Waals surface area contributed by atoms with Crippen molar-refractivity contribution in [3.8, 4) is 11.5 Å². The molecule has 2 heterocycles. The molecule has 9 heteroatoms. The molecule has 0 aliphatic carbocycles. The number of rotatable bonds is 8. The van der Waals surface area contributed by atoms with Crippen LogP contribution >= 0.6 is 0 Å². The summed E-state index contributed by atoms with van der Waals surface area (Å²) < 4.78 is 16.0. The van der Waals surface area contributed by atoms with Crippen molar-refractivity contribution in [3.05, 3.63) is 71.4 Å². The van der Waals surface area contributed by atoms with Crippen molar-refractivity contribution in [2.45, 2.75) is 25.4 Å². The second-order valence-corrected chi connectivity index (χ2v) is 7.45. The number of methoxy groups -OCH3 is 2. The first-order chi connectivity index (χ1) is 15.6. The molecule has 1 unspecified atom stereocenters. The standard InChI is InChI=1S/C23H24N4O5/c1-30-18-8-9-19(31-2)16(10-18)13-27-14-17(11-21(27)28)22-25-20(32-26-22)12-24-23(29)15-6-4-3-5-7-15/h3-10,17H,11-14H2,1-2H3,(H,24,29). The summed E-state index contributed by atoms with van der Waals surface area (Å²) in [4.78, 5) is 30.9. The highest BCUT2D eigenvalue weighted by Gasteiger charge is 2.34. The molecule has 9 nitrogen and oxygen atoms in total. The summed E-state index contributed by atoms with van der Waals surface area (Å²) in [5.74, 6) is 1.75. The Morgan fingerprint density at radius 2 is 2.00 bits per heavy atom. The van der Waals surface area contributed by atoms with Gasteiger partial charge in [0.05, 0.1) is 20.8 Å². The Kier molecular flexibility index (Phi) is 6.34. The average Bonchev–Trinajstić information content (AvgIpc) is 3.44. The van der Waals surface area contributed by atoms with Gasteiger partial charge in [-0.1, -0.05) is 23.4 Å². The lowest BCUT2D eigenvalue weighted by Gasteiger charge is -2.18. The Bertz CT molecular complexity index is 1100. The first-order valence-electron chi connectivity index (χ1n) is 10.2. The van der Waals surface area contributed by atoms with Crippen LogP contribution in [0.3, 0.4) is 0 Å². The summed E-state index contributed by atoms with van der Waals surface area (Å²) in [6.07, 6.45) is 0.293. The van der Waals surface area contributed by atoms with Gasteiger partial charge in [-0.25, -0.2) is 0 Å². The van der Waals surface area contributed by atoms with Crippen molar-refractivity contribution in [2.75, 3.05) is 20.8 Å². The summed E-state index contributed by atoms with van der Waals surface area (Å²) in [6, 6.07) is 14.4. The topological polar surface area (TPSA) is 107 Å². The third-order valence-electron chi connectivity index (χ3n) is 5.35. The van der Waals surface area contributed by atoms with Gasteiger partial charge in [-0.05, 0) is 30.3 Å². The van der Waals surface area contributed by atoms with Crippen molar-refractivity contribution in [1.29, 1.82) is 0 Å². The Morgan fingerprint density at radius 1 is 1.19 bits per heavy atom. The Labute approximate surface area is 185 Å². The van der Waals surface area contributed by atoms with Gasteiger partial charge in [-0.2, -0.15) is 4.98 Å². The number of nitrogens with zero attached hydrogens (tertiary/aromatic N) is 3. The second kappa shape index (κ2) is 9.51. The van der Waals surface area contributed by atoms with Gasteiger partial charge in [-0.3, -0.25) is 9.59 Å². The molecule has 1 N–H and O–H groups in total. The predicted octanol–water partition coefficient (Wildman–Crippen LogP) is 2.53. The number of benzene rings is 2. The average molecular weight is 436 g/mol. The van der Waals surface area contributed by atoms with Gasteiger partial charge in [0.2, 0.25) is 11.8 Å². The Morgan fingerprint density at radius 3 is 2.75 bits per heavy atom. The molecule has 1 fully saturated rings. The van der Waals surface area contributed by atoms with Gasteiger partial charge in [0.15, 0.2) is 5.82 Å². The first kappa shape index (κ1) is 21.4. The van der Waals surface area contributed by atoms with Gasteiger partial charge in [-0.15, -0.1) is 0 Å². The van der Waals surface area contributed by atoms with Crippen molar-refractivity contribution in [1.82, 2.24) is 20.4 Å². The molecule has 1 aliphatic rings. The van der Waals surface area contributed by atoms with E-state index in [0.29, 0.717) is 48.3 Å². The number of carbonyl (C=O) groups excluding carboxylic acids is 2. The molecule has 32 heavy (non-hydrogen) atoms. The van der Waals surface area contributed by atoms with Crippen LogP contribution in [0.1, 0.15) is 40.0 Å². The lowest BCUT2D eigenvalue weighted by atomic mass is 10.1. The molecular formula is C23H24N4O5. The van der Waals surface area contributed by atoms with E-state index in [2.05, 4.69) is 15.5 Å². The maximum Gasteiger partial charge on any atom is 0.251 e. The van der Waals surface area contributed by atoms with E-state index in [0.717, 1.165) is 5.56 Å². The zero-order valence-electron chi connectivity index (χ0n) is 17.9. The molecule has 0 spiro atoms. The molecule has 1 aliphatic heterocycles. The summed E-state index contributed by atoms with van der Waals surface area (Å²) in [7, 11) is 3.19. The van der Waals surface area contributed by atoms with Crippen LogP contribution in [-0.4, -0.2) is 47.6 Å². The number of hydrogen-bond acceptors (Lipinski definition) is 7. The van der Waals surface area contributed by atoms with Crippen LogP contribution in [0.2, 0.25) is 0 Å². The maximum atomic E-state index is 12.6. The number of amides is 2. The van der Waals surface area contributed by atoms with Crippen LogP contribution < -0.4 is 14.8 Å². The van der Waals surface area contributed by atoms with Crippen LogP contribution in [0.15, 0.2) is 53.1 Å².